The highest BCUT2D eigenvalue weighted by molar-refractivity contribution is 6.23. The summed E-state index contributed by atoms with van der Waals surface area (Å²) < 4.78 is 0. The third-order valence-electron chi connectivity index (χ3n) is 1.50. The van der Waals surface area contributed by atoms with Crippen LogP contribution >= 0.6 is 0 Å². The summed E-state index contributed by atoms with van der Waals surface area (Å²) in [7, 11) is 5.54. The Morgan fingerprint density at radius 1 is 1.50 bits per heavy atom. The van der Waals surface area contributed by atoms with E-state index < -0.39 is 0 Å². The van der Waals surface area contributed by atoms with Crippen molar-refractivity contribution in [2.24, 2.45) is 0 Å². The van der Waals surface area contributed by atoms with E-state index in [0.29, 0.717) is 0 Å². The molecule has 0 aliphatic carbocycles. The van der Waals surface area contributed by atoms with Crippen LogP contribution in [0.25, 0.3) is 6.08 Å². The monoisotopic (exact) mass is 152 g/mol. The number of terminal acetylenes is 1. The zero-order valence-corrected chi connectivity index (χ0v) is 7.04. The highest BCUT2D eigenvalue weighted by Crippen LogP contribution is 2.10. The van der Waals surface area contributed by atoms with Gasteiger partial charge in [0.05, 0.1) is 0 Å². The lowest BCUT2D eigenvalue weighted by molar-refractivity contribution is 1.58. The lowest BCUT2D eigenvalue weighted by Crippen LogP contribution is -1.81. The molecule has 2 radical (unpaired) electrons. The van der Waals surface area contributed by atoms with Gasteiger partial charge in [0.1, 0.15) is 7.85 Å². The molecule has 1 aromatic rings. The number of benzene rings is 1. The van der Waals surface area contributed by atoms with Crippen LogP contribution in [-0.4, -0.2) is 7.85 Å². The second-order valence-corrected chi connectivity index (χ2v) is 2.62. The molecule has 0 spiro atoms. The van der Waals surface area contributed by atoms with Crippen LogP contribution in [0.1, 0.15) is 18.1 Å². The third-order valence-corrected chi connectivity index (χ3v) is 1.50. The van der Waals surface area contributed by atoms with Gasteiger partial charge < -0.3 is 0 Å². The van der Waals surface area contributed by atoms with Crippen molar-refractivity contribution in [3.05, 3.63) is 40.9 Å². The van der Waals surface area contributed by atoms with Gasteiger partial charge in [-0.3, -0.25) is 0 Å². The second kappa shape index (κ2) is 3.83. The van der Waals surface area contributed by atoms with E-state index in [-0.39, 0.29) is 0 Å². The van der Waals surface area contributed by atoms with Gasteiger partial charge in [0, 0.05) is 5.56 Å². The molecule has 12 heavy (non-hydrogen) atoms. The molecule has 0 amide bonds. The van der Waals surface area contributed by atoms with Gasteiger partial charge in [0.25, 0.3) is 0 Å². The third kappa shape index (κ3) is 2.03. The van der Waals surface area contributed by atoms with Crippen molar-refractivity contribution in [2.75, 3.05) is 0 Å². The van der Waals surface area contributed by atoms with Crippen LogP contribution in [0.3, 0.4) is 0 Å². The molecule has 0 saturated heterocycles. The minimum atomic E-state index is 0.762. The van der Waals surface area contributed by atoms with Gasteiger partial charge in [0.2, 0.25) is 0 Å². The standard InChI is InChI=1S/C11H9B/c1-3-10-6-4-5-7-11(10)8-9(2)12/h1,4-8H,2H3/b9-8+. The maximum atomic E-state index is 5.54. The van der Waals surface area contributed by atoms with Crippen molar-refractivity contribution < 1.29 is 0 Å². The summed E-state index contributed by atoms with van der Waals surface area (Å²) in [5.74, 6) is 2.60. The molecule has 1 heteroatoms. The molecule has 0 saturated carbocycles. The first kappa shape index (κ1) is 8.68. The molecule has 0 N–H and O–H groups in total. The average molecular weight is 152 g/mol. The SMILES string of the molecule is [B]/C(C)=C/c1ccccc1C#C. The van der Waals surface area contributed by atoms with E-state index in [9.17, 15) is 0 Å². The summed E-state index contributed by atoms with van der Waals surface area (Å²) in [5, 5.41) is 0. The molecule has 0 fully saturated rings. The first-order chi connectivity index (χ1) is 5.74. The van der Waals surface area contributed by atoms with Crippen LogP contribution in [0.2, 0.25) is 0 Å². The molecule has 0 bridgehead atoms. The molecule has 1 rings (SSSR count). The Hall–Kier alpha value is -1.42. The predicted molar refractivity (Wildman–Crippen MR) is 53.8 cm³/mol. The topological polar surface area (TPSA) is 0 Å². The Bertz CT molecular complexity index is 338. The molecule has 56 valence electrons. The van der Waals surface area contributed by atoms with E-state index in [0.717, 1.165) is 16.6 Å². The maximum absolute atomic E-state index is 5.54. The summed E-state index contributed by atoms with van der Waals surface area (Å²) in [5.41, 5.74) is 2.64. The Morgan fingerprint density at radius 3 is 2.75 bits per heavy atom. The second-order valence-electron chi connectivity index (χ2n) is 2.62. The van der Waals surface area contributed by atoms with Gasteiger partial charge >= 0.3 is 0 Å². The molecule has 0 aromatic heterocycles. The van der Waals surface area contributed by atoms with Crippen molar-refractivity contribution in [2.45, 2.75) is 6.92 Å². The van der Waals surface area contributed by atoms with E-state index in [2.05, 4.69) is 5.92 Å². The van der Waals surface area contributed by atoms with Crippen LogP contribution in [0.5, 0.6) is 0 Å². The Labute approximate surface area is 74.7 Å². The van der Waals surface area contributed by atoms with Crippen molar-refractivity contribution in [1.82, 2.24) is 0 Å². The number of hydrogen-bond donors (Lipinski definition) is 0. The largest absolute Gasteiger partial charge is 0.120 e. The van der Waals surface area contributed by atoms with Gasteiger partial charge in [-0.2, -0.15) is 0 Å². The fourth-order valence-corrected chi connectivity index (χ4v) is 1.000. The zero-order valence-electron chi connectivity index (χ0n) is 7.04. The van der Waals surface area contributed by atoms with Gasteiger partial charge in [-0.1, -0.05) is 37.1 Å². The molecular formula is C11H9B. The van der Waals surface area contributed by atoms with Gasteiger partial charge in [0.15, 0.2) is 0 Å². The number of hydrogen-bond acceptors (Lipinski definition) is 0. The van der Waals surface area contributed by atoms with Crippen LogP contribution in [0.15, 0.2) is 29.7 Å². The summed E-state index contributed by atoms with van der Waals surface area (Å²) in [6.07, 6.45) is 7.18. The van der Waals surface area contributed by atoms with Crippen LogP contribution in [0, 0.1) is 12.3 Å². The Kier molecular flexibility index (Phi) is 2.77. The highest BCUT2D eigenvalue weighted by atomic mass is 14.0. The number of allylic oxidation sites excluding steroid dienone is 1. The van der Waals surface area contributed by atoms with Crippen molar-refractivity contribution >= 4 is 13.9 Å². The molecule has 0 unspecified atom stereocenters. The molecule has 0 heterocycles. The Balaban J connectivity index is 3.17. The zero-order chi connectivity index (χ0) is 8.97. The first-order valence-electron chi connectivity index (χ1n) is 3.73. The predicted octanol–water partition coefficient (Wildman–Crippen LogP) is 2.20. The van der Waals surface area contributed by atoms with E-state index >= 15 is 0 Å². The molecule has 0 nitrogen and oxygen atoms in total. The Morgan fingerprint density at radius 2 is 2.17 bits per heavy atom. The number of rotatable bonds is 1. The smallest absolute Gasteiger partial charge is 0.107 e. The lowest BCUT2D eigenvalue weighted by Gasteiger charge is -1.98. The normalized spacial score (nSPS) is 10.8. The molecule has 0 atom stereocenters. The minimum Gasteiger partial charge on any atom is -0.120 e. The summed E-state index contributed by atoms with van der Waals surface area (Å²) in [4.78, 5) is 0. The molecule has 0 aliphatic rings. The van der Waals surface area contributed by atoms with Crippen molar-refractivity contribution in [3.8, 4) is 12.3 Å². The summed E-state index contributed by atoms with van der Waals surface area (Å²) >= 11 is 0. The fourth-order valence-electron chi connectivity index (χ4n) is 1.000. The fraction of sp³-hybridized carbons (Fsp3) is 0.0909. The lowest BCUT2D eigenvalue weighted by atomic mass is 9.94. The van der Waals surface area contributed by atoms with Crippen molar-refractivity contribution in [1.29, 1.82) is 0 Å². The molecule has 0 aliphatic heterocycles. The summed E-state index contributed by atoms with van der Waals surface area (Å²) in [6.45, 7) is 1.84. The van der Waals surface area contributed by atoms with Crippen LogP contribution < -0.4 is 0 Å². The minimum absolute atomic E-state index is 0.762. The molecular weight excluding hydrogens is 143 g/mol. The highest BCUT2D eigenvalue weighted by Gasteiger charge is 1.93. The van der Waals surface area contributed by atoms with Gasteiger partial charge in [-0.05, 0) is 11.6 Å². The van der Waals surface area contributed by atoms with E-state index in [1.165, 1.54) is 0 Å². The maximum Gasteiger partial charge on any atom is 0.107 e. The van der Waals surface area contributed by atoms with Gasteiger partial charge in [-0.15, -0.1) is 11.9 Å². The first-order valence-corrected chi connectivity index (χ1v) is 3.73. The van der Waals surface area contributed by atoms with Crippen LogP contribution in [-0.2, 0) is 0 Å². The summed E-state index contributed by atoms with van der Waals surface area (Å²) in [6, 6.07) is 7.70. The van der Waals surface area contributed by atoms with E-state index in [1.807, 2.05) is 37.3 Å². The van der Waals surface area contributed by atoms with E-state index in [1.54, 1.807) is 0 Å². The van der Waals surface area contributed by atoms with E-state index in [4.69, 9.17) is 14.3 Å². The van der Waals surface area contributed by atoms with Gasteiger partial charge in [-0.25, -0.2) is 0 Å². The van der Waals surface area contributed by atoms with Crippen LogP contribution in [0.4, 0.5) is 0 Å². The molecule has 1 aromatic carbocycles. The van der Waals surface area contributed by atoms with Crippen molar-refractivity contribution in [3.63, 3.8) is 0 Å². The average Bonchev–Trinajstić information content (AvgIpc) is 2.04. The quantitative estimate of drug-likeness (QED) is 0.427.